The van der Waals surface area contributed by atoms with Crippen LogP contribution in [0.4, 0.5) is 0 Å². The van der Waals surface area contributed by atoms with E-state index in [-0.39, 0.29) is 11.8 Å². The summed E-state index contributed by atoms with van der Waals surface area (Å²) in [5, 5.41) is 3.22. The quantitative estimate of drug-likeness (QED) is 0.900. The molecule has 1 atom stereocenters. The minimum absolute atomic E-state index is 0.0940. The maximum atomic E-state index is 12.3. The minimum atomic E-state index is -3.22. The van der Waals surface area contributed by atoms with Crippen molar-refractivity contribution in [3.8, 4) is 5.75 Å². The zero-order chi connectivity index (χ0) is 13.2. The van der Waals surface area contributed by atoms with E-state index in [4.69, 9.17) is 4.74 Å². The van der Waals surface area contributed by atoms with Crippen molar-refractivity contribution in [3.63, 3.8) is 0 Å². The van der Waals surface area contributed by atoms with Gasteiger partial charge >= 0.3 is 0 Å². The highest BCUT2D eigenvalue weighted by Crippen LogP contribution is 2.23. The molecule has 1 heterocycles. The van der Waals surface area contributed by atoms with Crippen molar-refractivity contribution in [3.05, 3.63) is 23.8 Å². The summed E-state index contributed by atoms with van der Waals surface area (Å²) in [5.41, 5.74) is 0.743. The highest BCUT2D eigenvalue weighted by molar-refractivity contribution is 7.91. The van der Waals surface area contributed by atoms with Crippen molar-refractivity contribution in [1.29, 1.82) is 0 Å². The summed E-state index contributed by atoms with van der Waals surface area (Å²) in [6, 6.07) is 5.19. The van der Waals surface area contributed by atoms with Crippen molar-refractivity contribution in [1.82, 2.24) is 5.32 Å². The summed E-state index contributed by atoms with van der Waals surface area (Å²) in [5.74, 6) is 0.866. The molecule has 1 N–H and O–H groups in total. The second-order valence-corrected chi connectivity index (χ2v) is 6.71. The van der Waals surface area contributed by atoms with E-state index in [9.17, 15) is 8.42 Å². The predicted octanol–water partition coefficient (Wildman–Crippen LogP) is 1.53. The number of methoxy groups -OCH3 is 1. The molecule has 1 aliphatic rings. The zero-order valence-electron chi connectivity index (χ0n) is 10.8. The molecule has 1 saturated heterocycles. The molecule has 0 aliphatic carbocycles. The first kappa shape index (κ1) is 13.4. The zero-order valence-corrected chi connectivity index (χ0v) is 11.6. The Bertz CT molecular complexity index is 519. The summed E-state index contributed by atoms with van der Waals surface area (Å²) in [4.78, 5) is 0.414. The van der Waals surface area contributed by atoms with Gasteiger partial charge in [0.25, 0.3) is 0 Å². The van der Waals surface area contributed by atoms with Crippen LogP contribution < -0.4 is 10.1 Å². The minimum Gasteiger partial charge on any atom is -0.497 e. The predicted molar refractivity (Wildman–Crippen MR) is 70.8 cm³/mol. The number of rotatable bonds is 4. The van der Waals surface area contributed by atoms with E-state index in [1.165, 1.54) is 0 Å². The second-order valence-electron chi connectivity index (χ2n) is 4.71. The fraction of sp³-hybridized carbons (Fsp3) is 0.538. The molecular formula is C13H19NO3S. The van der Waals surface area contributed by atoms with Gasteiger partial charge in [-0.15, -0.1) is 0 Å². The molecule has 0 radical (unpaired) electrons. The molecule has 1 aromatic carbocycles. The summed E-state index contributed by atoms with van der Waals surface area (Å²) in [6.07, 6.45) is 2.00. The SMILES string of the molecule is COc1ccc(S(=O)(=O)CC2CCCN2)c(C)c1. The van der Waals surface area contributed by atoms with E-state index >= 15 is 0 Å². The number of nitrogens with one attached hydrogen (secondary N) is 1. The Morgan fingerprint density at radius 1 is 1.44 bits per heavy atom. The Hall–Kier alpha value is -1.07. The summed E-state index contributed by atoms with van der Waals surface area (Å²) >= 11 is 0. The van der Waals surface area contributed by atoms with Gasteiger partial charge in [0, 0.05) is 6.04 Å². The standard InChI is InChI=1S/C13H19NO3S/c1-10-8-12(17-2)5-6-13(10)18(15,16)9-11-4-3-7-14-11/h5-6,8,11,14H,3-4,7,9H2,1-2H3. The van der Waals surface area contributed by atoms with Crippen LogP contribution in [0.1, 0.15) is 18.4 Å². The fourth-order valence-corrected chi connectivity index (χ4v) is 4.17. The van der Waals surface area contributed by atoms with Gasteiger partial charge in [-0.05, 0) is 50.1 Å². The normalized spacial score (nSPS) is 20.0. The molecule has 0 aromatic heterocycles. The number of hydrogen-bond donors (Lipinski definition) is 1. The monoisotopic (exact) mass is 269 g/mol. The molecule has 4 nitrogen and oxygen atoms in total. The summed E-state index contributed by atoms with van der Waals surface area (Å²) in [6.45, 7) is 2.72. The maximum Gasteiger partial charge on any atom is 0.180 e. The van der Waals surface area contributed by atoms with Gasteiger partial charge in [-0.1, -0.05) is 0 Å². The number of benzene rings is 1. The van der Waals surface area contributed by atoms with Gasteiger partial charge in [0.05, 0.1) is 17.8 Å². The average molecular weight is 269 g/mol. The molecule has 2 rings (SSSR count). The molecule has 1 unspecified atom stereocenters. The lowest BCUT2D eigenvalue weighted by molar-refractivity contribution is 0.414. The molecule has 0 amide bonds. The molecule has 0 spiro atoms. The Kier molecular flexibility index (Phi) is 3.92. The first-order chi connectivity index (χ1) is 8.53. The number of hydrogen-bond acceptors (Lipinski definition) is 4. The molecule has 0 bridgehead atoms. The molecule has 1 aliphatic heterocycles. The van der Waals surface area contributed by atoms with Gasteiger partial charge in [0.1, 0.15) is 5.75 Å². The molecule has 18 heavy (non-hydrogen) atoms. The fourth-order valence-electron chi connectivity index (χ4n) is 2.35. The van der Waals surface area contributed by atoms with Crippen LogP contribution in [0.3, 0.4) is 0 Å². The van der Waals surface area contributed by atoms with Gasteiger partial charge in [0.15, 0.2) is 9.84 Å². The second kappa shape index (κ2) is 5.28. The Balaban J connectivity index is 2.23. The molecular weight excluding hydrogens is 250 g/mol. The van der Waals surface area contributed by atoms with Crippen molar-refractivity contribution in [2.75, 3.05) is 19.4 Å². The van der Waals surface area contributed by atoms with Crippen LogP contribution in [0.15, 0.2) is 23.1 Å². The van der Waals surface area contributed by atoms with Crippen LogP contribution in [0, 0.1) is 6.92 Å². The molecule has 100 valence electrons. The Morgan fingerprint density at radius 2 is 2.22 bits per heavy atom. The highest BCUT2D eigenvalue weighted by Gasteiger charge is 2.24. The van der Waals surface area contributed by atoms with Crippen LogP contribution in [-0.4, -0.2) is 33.9 Å². The van der Waals surface area contributed by atoms with Crippen LogP contribution in [0.5, 0.6) is 5.75 Å². The first-order valence-corrected chi connectivity index (χ1v) is 7.79. The van der Waals surface area contributed by atoms with Crippen LogP contribution in [-0.2, 0) is 9.84 Å². The number of sulfone groups is 1. The van der Waals surface area contributed by atoms with Crippen molar-refractivity contribution >= 4 is 9.84 Å². The van der Waals surface area contributed by atoms with Crippen LogP contribution in [0.2, 0.25) is 0 Å². The van der Waals surface area contributed by atoms with Crippen LogP contribution in [0.25, 0.3) is 0 Å². The van der Waals surface area contributed by atoms with Crippen LogP contribution >= 0.6 is 0 Å². The third-order valence-corrected chi connectivity index (χ3v) is 5.27. The van der Waals surface area contributed by atoms with E-state index < -0.39 is 9.84 Å². The smallest absolute Gasteiger partial charge is 0.180 e. The lowest BCUT2D eigenvalue weighted by Crippen LogP contribution is -2.30. The maximum absolute atomic E-state index is 12.3. The van der Waals surface area contributed by atoms with Gasteiger partial charge < -0.3 is 10.1 Å². The van der Waals surface area contributed by atoms with Crippen molar-refractivity contribution < 1.29 is 13.2 Å². The van der Waals surface area contributed by atoms with Gasteiger partial charge in [-0.25, -0.2) is 8.42 Å². The van der Waals surface area contributed by atoms with Gasteiger partial charge in [-0.2, -0.15) is 0 Å². The van der Waals surface area contributed by atoms with Crippen molar-refractivity contribution in [2.24, 2.45) is 0 Å². The molecule has 0 saturated carbocycles. The number of ether oxygens (including phenoxy) is 1. The summed E-state index contributed by atoms with van der Waals surface area (Å²) < 4.78 is 29.7. The van der Waals surface area contributed by atoms with Gasteiger partial charge in [0.2, 0.25) is 0 Å². The third kappa shape index (κ3) is 2.84. The lowest BCUT2D eigenvalue weighted by atomic mass is 10.2. The van der Waals surface area contributed by atoms with E-state index in [1.807, 2.05) is 0 Å². The third-order valence-electron chi connectivity index (χ3n) is 3.30. The topological polar surface area (TPSA) is 55.4 Å². The summed E-state index contributed by atoms with van der Waals surface area (Å²) in [7, 11) is -1.64. The lowest BCUT2D eigenvalue weighted by Gasteiger charge is -2.13. The van der Waals surface area contributed by atoms with Crippen molar-refractivity contribution in [2.45, 2.75) is 30.7 Å². The highest BCUT2D eigenvalue weighted by atomic mass is 32.2. The molecule has 5 heteroatoms. The van der Waals surface area contributed by atoms with E-state index in [0.717, 1.165) is 24.9 Å². The molecule has 1 fully saturated rings. The average Bonchev–Trinajstić information content (AvgIpc) is 2.80. The first-order valence-electron chi connectivity index (χ1n) is 6.14. The Morgan fingerprint density at radius 3 is 2.78 bits per heavy atom. The number of aryl methyl sites for hydroxylation is 1. The Labute approximate surface area is 108 Å². The van der Waals surface area contributed by atoms with E-state index in [1.54, 1.807) is 32.2 Å². The van der Waals surface area contributed by atoms with E-state index in [2.05, 4.69) is 5.32 Å². The van der Waals surface area contributed by atoms with Gasteiger partial charge in [-0.3, -0.25) is 0 Å². The van der Waals surface area contributed by atoms with E-state index in [0.29, 0.717) is 10.6 Å². The molecule has 1 aromatic rings. The largest absolute Gasteiger partial charge is 0.497 e.